The van der Waals surface area contributed by atoms with E-state index in [1.807, 2.05) is 24.3 Å². The molecule has 1 aromatic carbocycles. The lowest BCUT2D eigenvalue weighted by atomic mass is 9.97. The Balaban J connectivity index is 1.47. The second-order valence-electron chi connectivity index (χ2n) is 7.68. The number of para-hydroxylation sites is 2. The number of rotatable bonds is 6. The summed E-state index contributed by atoms with van der Waals surface area (Å²) in [5.74, 6) is 0. The van der Waals surface area contributed by atoms with Crippen molar-refractivity contribution >= 4 is 22.8 Å². The predicted molar refractivity (Wildman–Crippen MR) is 108 cm³/mol. The maximum absolute atomic E-state index is 10.7. The number of hydrogen-bond donors (Lipinski definition) is 8. The third kappa shape index (κ3) is 4.51. The maximum Gasteiger partial charge on any atom is 0.187 e. The minimum absolute atomic E-state index is 0.437. The largest absolute Gasteiger partial charge is 0.394 e. The average Bonchev–Trinajstić information content (AvgIpc) is 3.21. The predicted octanol–water partition coefficient (Wildman–Crippen LogP) is -2.72. The number of aliphatic hydroxyl groups excluding tert-OH is 7. The second kappa shape index (κ2) is 9.87. The van der Waals surface area contributed by atoms with Crippen molar-refractivity contribution in [3.63, 3.8) is 0 Å². The van der Waals surface area contributed by atoms with Crippen molar-refractivity contribution in [2.75, 3.05) is 13.2 Å². The van der Waals surface area contributed by atoms with Gasteiger partial charge < -0.3 is 54.9 Å². The van der Waals surface area contributed by atoms with E-state index in [1.165, 1.54) is 0 Å². The number of nitrogens with one attached hydrogen (secondary N) is 1. The first-order chi connectivity index (χ1) is 15.3. The van der Waals surface area contributed by atoms with E-state index in [-0.39, 0.29) is 0 Å². The van der Waals surface area contributed by atoms with E-state index in [1.54, 1.807) is 0 Å². The summed E-state index contributed by atoms with van der Waals surface area (Å²) in [6.07, 6.45) is -13.2. The summed E-state index contributed by atoms with van der Waals surface area (Å²) in [5, 5.41) is 70.8. The molecule has 1 aromatic heterocycles. The molecule has 2 aliphatic rings. The number of aromatic amines is 1. The Morgan fingerprint density at radius 2 is 1.59 bits per heavy atom. The van der Waals surface area contributed by atoms with Gasteiger partial charge in [0.05, 0.1) is 24.2 Å². The molecular formula is C19H26N2O10S. The summed E-state index contributed by atoms with van der Waals surface area (Å²) >= 11 is 1.02. The SMILES string of the molecule is OC[C@H]1O[C@@H](O[C@H]2[C@H](O)[C@@H](O)[C@H](Sc3nc4ccccc4[nH]3)O[C@@H]2CO)[C@H](O)[C@@H](O)[C@@H]1O. The minimum Gasteiger partial charge on any atom is -0.394 e. The van der Waals surface area contributed by atoms with Crippen LogP contribution in [0.15, 0.2) is 29.4 Å². The van der Waals surface area contributed by atoms with E-state index in [0.717, 1.165) is 17.3 Å². The molecule has 178 valence electrons. The van der Waals surface area contributed by atoms with Crippen LogP contribution in [0.5, 0.6) is 0 Å². The third-order valence-corrected chi connectivity index (χ3v) is 6.59. The van der Waals surface area contributed by atoms with Gasteiger partial charge in [-0.15, -0.1) is 0 Å². The number of hydrogen-bond acceptors (Lipinski definition) is 12. The molecule has 2 saturated heterocycles. The molecule has 0 amide bonds. The van der Waals surface area contributed by atoms with Gasteiger partial charge >= 0.3 is 0 Å². The molecule has 0 radical (unpaired) electrons. The van der Waals surface area contributed by atoms with Crippen LogP contribution >= 0.6 is 11.8 Å². The fourth-order valence-electron chi connectivity index (χ4n) is 3.75. The summed E-state index contributed by atoms with van der Waals surface area (Å²) in [6, 6.07) is 7.31. The van der Waals surface area contributed by atoms with Crippen molar-refractivity contribution in [2.45, 2.75) is 65.7 Å². The van der Waals surface area contributed by atoms with Crippen LogP contribution in [0, 0.1) is 0 Å². The molecule has 2 fully saturated rings. The molecule has 12 nitrogen and oxygen atoms in total. The molecule has 13 heteroatoms. The second-order valence-corrected chi connectivity index (χ2v) is 8.77. The Morgan fingerprint density at radius 3 is 2.28 bits per heavy atom. The van der Waals surface area contributed by atoms with Crippen LogP contribution < -0.4 is 0 Å². The molecule has 8 N–H and O–H groups in total. The smallest absolute Gasteiger partial charge is 0.187 e. The molecule has 0 saturated carbocycles. The topological polar surface area (TPSA) is 198 Å². The van der Waals surface area contributed by atoms with Crippen molar-refractivity contribution in [1.29, 1.82) is 0 Å². The average molecular weight is 474 g/mol. The molecule has 0 aliphatic carbocycles. The van der Waals surface area contributed by atoms with Gasteiger partial charge in [0, 0.05) is 0 Å². The first kappa shape index (κ1) is 23.8. The van der Waals surface area contributed by atoms with Gasteiger partial charge in [0.15, 0.2) is 11.4 Å². The van der Waals surface area contributed by atoms with Gasteiger partial charge in [-0.3, -0.25) is 0 Å². The maximum atomic E-state index is 10.7. The zero-order valence-corrected chi connectivity index (χ0v) is 17.5. The van der Waals surface area contributed by atoms with Crippen LogP contribution in [0.25, 0.3) is 11.0 Å². The van der Waals surface area contributed by atoms with Crippen molar-refractivity contribution in [3.05, 3.63) is 24.3 Å². The summed E-state index contributed by atoms with van der Waals surface area (Å²) < 4.78 is 16.6. The number of H-pyrrole nitrogens is 1. The standard InChI is InChI=1S/C19H26N2O10S/c22-5-9-11(24)12(25)14(27)17(29-9)31-16-10(6-23)30-18(15(28)13(16)26)32-19-20-7-3-1-2-4-8(7)21-19/h1-4,9-18,22-28H,5-6H2,(H,20,21)/t9-,10-,11-,12+,13-,14-,15-,16-,17+,18+/m1/s1. The molecule has 10 atom stereocenters. The molecule has 2 aromatic rings. The summed E-state index contributed by atoms with van der Waals surface area (Å²) in [4.78, 5) is 7.46. The zero-order valence-electron chi connectivity index (χ0n) is 16.7. The normalized spacial score (nSPS) is 40.6. The molecule has 2 aliphatic heterocycles. The highest BCUT2D eigenvalue weighted by Gasteiger charge is 2.50. The van der Waals surface area contributed by atoms with Crippen LogP contribution in [-0.2, 0) is 14.2 Å². The van der Waals surface area contributed by atoms with Gasteiger partial charge in [-0.25, -0.2) is 4.98 Å². The lowest BCUT2D eigenvalue weighted by Gasteiger charge is -2.45. The van der Waals surface area contributed by atoms with E-state index in [2.05, 4.69) is 9.97 Å². The minimum atomic E-state index is -1.71. The van der Waals surface area contributed by atoms with Crippen LogP contribution in [0.3, 0.4) is 0 Å². The number of aliphatic hydroxyl groups is 7. The van der Waals surface area contributed by atoms with Gasteiger partial charge in [-0.2, -0.15) is 0 Å². The Kier molecular flexibility index (Phi) is 7.33. The molecular weight excluding hydrogens is 448 g/mol. The lowest BCUT2D eigenvalue weighted by Crippen LogP contribution is -2.64. The molecule has 4 rings (SSSR count). The Bertz CT molecular complexity index is 865. The highest BCUT2D eigenvalue weighted by molar-refractivity contribution is 7.99. The first-order valence-electron chi connectivity index (χ1n) is 10.0. The van der Waals surface area contributed by atoms with Crippen LogP contribution in [0.1, 0.15) is 0 Å². The number of benzene rings is 1. The molecule has 32 heavy (non-hydrogen) atoms. The number of imidazole rings is 1. The number of ether oxygens (including phenoxy) is 3. The molecule has 0 unspecified atom stereocenters. The fourth-order valence-corrected chi connectivity index (χ4v) is 4.79. The molecule has 0 bridgehead atoms. The van der Waals surface area contributed by atoms with Crippen molar-refractivity contribution in [3.8, 4) is 0 Å². The van der Waals surface area contributed by atoms with Gasteiger partial charge in [-0.05, 0) is 12.1 Å². The quantitative estimate of drug-likeness (QED) is 0.216. The van der Waals surface area contributed by atoms with Crippen molar-refractivity contribution < 1.29 is 50.0 Å². The first-order valence-corrected chi connectivity index (χ1v) is 10.9. The Hall–Kier alpha value is -1.36. The van der Waals surface area contributed by atoms with Crippen LogP contribution in [0.2, 0.25) is 0 Å². The van der Waals surface area contributed by atoms with Gasteiger partial charge in [0.1, 0.15) is 54.3 Å². The number of fused-ring (bicyclic) bond motifs is 1. The van der Waals surface area contributed by atoms with Gasteiger partial charge in [-0.1, -0.05) is 23.9 Å². The van der Waals surface area contributed by atoms with Gasteiger partial charge in [0.2, 0.25) is 0 Å². The number of thioether (sulfide) groups is 1. The highest BCUT2D eigenvalue weighted by atomic mass is 32.2. The zero-order chi connectivity index (χ0) is 23.0. The van der Waals surface area contributed by atoms with Crippen LogP contribution in [0.4, 0.5) is 0 Å². The molecule has 0 spiro atoms. The highest BCUT2D eigenvalue weighted by Crippen LogP contribution is 2.35. The van der Waals surface area contributed by atoms with Gasteiger partial charge in [0.25, 0.3) is 0 Å². The number of aromatic nitrogens is 2. The third-order valence-electron chi connectivity index (χ3n) is 5.56. The summed E-state index contributed by atoms with van der Waals surface area (Å²) in [5.41, 5.74) is 0.490. The van der Waals surface area contributed by atoms with E-state index in [0.29, 0.717) is 10.7 Å². The fraction of sp³-hybridized carbons (Fsp3) is 0.632. The lowest BCUT2D eigenvalue weighted by molar-refractivity contribution is -0.338. The van der Waals surface area contributed by atoms with E-state index in [9.17, 15) is 35.7 Å². The van der Waals surface area contributed by atoms with Crippen molar-refractivity contribution in [2.24, 2.45) is 0 Å². The summed E-state index contributed by atoms with van der Waals surface area (Å²) in [6.45, 7) is -1.25. The monoisotopic (exact) mass is 474 g/mol. The van der Waals surface area contributed by atoms with E-state index < -0.39 is 73.8 Å². The van der Waals surface area contributed by atoms with E-state index >= 15 is 0 Å². The van der Waals surface area contributed by atoms with Crippen molar-refractivity contribution in [1.82, 2.24) is 9.97 Å². The van der Waals surface area contributed by atoms with Crippen LogP contribution in [-0.4, -0.2) is 119 Å². The van der Waals surface area contributed by atoms with E-state index in [4.69, 9.17) is 14.2 Å². The molecule has 3 heterocycles. The Labute approximate surface area is 186 Å². The number of nitrogens with zero attached hydrogens (tertiary/aromatic N) is 1. The Morgan fingerprint density at radius 1 is 0.875 bits per heavy atom. The summed E-state index contributed by atoms with van der Waals surface area (Å²) in [7, 11) is 0.